The number of ether oxygens (including phenoxy) is 4. The molecule has 13 heteroatoms. The minimum Gasteiger partial charge on any atom is -0.489 e. The summed E-state index contributed by atoms with van der Waals surface area (Å²) in [7, 11) is 0. The average molecular weight is 806 g/mol. The van der Waals surface area contributed by atoms with Crippen LogP contribution in [-0.4, -0.2) is 66.3 Å². The van der Waals surface area contributed by atoms with Crippen molar-refractivity contribution >= 4 is 29.8 Å². The summed E-state index contributed by atoms with van der Waals surface area (Å²) in [6.07, 6.45) is 2.05. The van der Waals surface area contributed by atoms with Crippen LogP contribution in [0.25, 0.3) is 0 Å². The molecule has 4 atom stereocenters. The molecule has 0 spiro atoms. The van der Waals surface area contributed by atoms with Crippen LogP contribution in [0.2, 0.25) is 0 Å². The summed E-state index contributed by atoms with van der Waals surface area (Å²) in [5.74, 6) is -3.34. The lowest BCUT2D eigenvalue weighted by atomic mass is 9.98. The molecule has 0 fully saturated rings. The monoisotopic (exact) mass is 805 g/mol. The first-order chi connectivity index (χ1) is 28.7. The van der Waals surface area contributed by atoms with Gasteiger partial charge in [-0.15, -0.1) is 13.2 Å². The number of nitrogens with one attached hydrogen (secondary N) is 3. The van der Waals surface area contributed by atoms with Gasteiger partial charge in [-0.2, -0.15) is 0 Å². The molecule has 4 rings (SSSR count). The standard InChI is InChI=1S/C46H51N3O10/c1-3-14-37(27-42(51)47-38(28-50)26-33-22-24-39(25-23-33)56-29-34-16-8-5-9-17-34)43(52)48-41(45(54)57-30-35-18-10-6-11-19-35)32-58-44(53)40(15-4-2)49-46(55)59-31-36-20-12-7-13-21-36/h3-13,16-25,37-38,40-41,50H,1-2,14-15,26-32H2,(H,47,51)(H,48,52)(H,49,55). The van der Waals surface area contributed by atoms with Gasteiger partial charge in [0.05, 0.1) is 18.6 Å². The van der Waals surface area contributed by atoms with E-state index in [1.807, 2.05) is 60.7 Å². The fourth-order valence-corrected chi connectivity index (χ4v) is 5.74. The van der Waals surface area contributed by atoms with Crippen LogP contribution in [0.3, 0.4) is 0 Å². The molecule has 0 radical (unpaired) electrons. The molecule has 4 unspecified atom stereocenters. The van der Waals surface area contributed by atoms with Crippen molar-refractivity contribution in [2.45, 2.75) is 63.6 Å². The van der Waals surface area contributed by atoms with Crippen LogP contribution in [0.5, 0.6) is 5.75 Å². The van der Waals surface area contributed by atoms with E-state index in [1.165, 1.54) is 12.2 Å². The summed E-state index contributed by atoms with van der Waals surface area (Å²) in [5.41, 5.74) is 3.30. The molecular weight excluding hydrogens is 755 g/mol. The molecule has 310 valence electrons. The van der Waals surface area contributed by atoms with Gasteiger partial charge in [0, 0.05) is 6.42 Å². The third-order valence-electron chi connectivity index (χ3n) is 8.90. The van der Waals surface area contributed by atoms with Crippen LogP contribution >= 0.6 is 0 Å². The highest BCUT2D eigenvalue weighted by Crippen LogP contribution is 2.17. The highest BCUT2D eigenvalue weighted by atomic mass is 16.6. The van der Waals surface area contributed by atoms with E-state index in [0.29, 0.717) is 24.3 Å². The van der Waals surface area contributed by atoms with Gasteiger partial charge in [0.2, 0.25) is 11.8 Å². The molecule has 3 amide bonds. The van der Waals surface area contributed by atoms with E-state index >= 15 is 0 Å². The number of hydrogen-bond acceptors (Lipinski definition) is 10. The molecule has 0 aliphatic carbocycles. The highest BCUT2D eigenvalue weighted by molar-refractivity contribution is 5.89. The molecule has 0 saturated carbocycles. The normalized spacial score (nSPS) is 12.6. The predicted molar refractivity (Wildman–Crippen MR) is 220 cm³/mol. The fourth-order valence-electron chi connectivity index (χ4n) is 5.74. The molecule has 0 aromatic heterocycles. The van der Waals surface area contributed by atoms with Crippen molar-refractivity contribution in [3.8, 4) is 5.75 Å². The number of rotatable bonds is 24. The van der Waals surface area contributed by atoms with Gasteiger partial charge in [0.15, 0.2) is 6.04 Å². The number of carbonyl (C=O) groups excluding carboxylic acids is 5. The fraction of sp³-hybridized carbons (Fsp3) is 0.283. The summed E-state index contributed by atoms with van der Waals surface area (Å²) in [5, 5.41) is 17.9. The van der Waals surface area contributed by atoms with Crippen molar-refractivity contribution in [1.82, 2.24) is 16.0 Å². The number of hydrogen-bond donors (Lipinski definition) is 4. The number of benzene rings is 4. The zero-order valence-corrected chi connectivity index (χ0v) is 32.8. The third-order valence-corrected chi connectivity index (χ3v) is 8.90. The first-order valence-electron chi connectivity index (χ1n) is 19.2. The van der Waals surface area contributed by atoms with Gasteiger partial charge in [0.25, 0.3) is 0 Å². The summed E-state index contributed by atoms with van der Waals surface area (Å²) in [6, 6.07) is 31.5. The van der Waals surface area contributed by atoms with Gasteiger partial charge in [-0.05, 0) is 53.6 Å². The highest BCUT2D eigenvalue weighted by Gasteiger charge is 2.31. The zero-order valence-electron chi connectivity index (χ0n) is 32.8. The summed E-state index contributed by atoms with van der Waals surface area (Å²) in [4.78, 5) is 66.0. The second kappa shape index (κ2) is 24.8. The number of carbonyl (C=O) groups is 5. The Bertz CT molecular complexity index is 1940. The molecular formula is C46H51N3O10. The Hall–Kier alpha value is -6.73. The number of amides is 3. The van der Waals surface area contributed by atoms with E-state index in [1.54, 1.807) is 54.6 Å². The van der Waals surface area contributed by atoms with E-state index < -0.39 is 60.5 Å². The SMILES string of the molecule is C=CCC(CC(=O)NC(CO)Cc1ccc(OCc2ccccc2)cc1)C(=O)NC(COC(=O)C(CC=C)NC(=O)OCc1ccccc1)C(=O)OCc1ccccc1. The molecule has 4 aromatic carbocycles. The molecule has 0 saturated heterocycles. The molecule has 0 aliphatic rings. The van der Waals surface area contributed by atoms with E-state index in [-0.39, 0.29) is 39.1 Å². The Morgan fingerprint density at radius 3 is 1.69 bits per heavy atom. The van der Waals surface area contributed by atoms with E-state index in [9.17, 15) is 29.1 Å². The predicted octanol–water partition coefficient (Wildman–Crippen LogP) is 5.51. The van der Waals surface area contributed by atoms with Gasteiger partial charge in [-0.1, -0.05) is 115 Å². The van der Waals surface area contributed by atoms with Crippen molar-refractivity contribution in [2.24, 2.45) is 5.92 Å². The van der Waals surface area contributed by atoms with Crippen LogP contribution in [0.1, 0.15) is 41.5 Å². The number of esters is 2. The summed E-state index contributed by atoms with van der Waals surface area (Å²) in [6.45, 7) is 6.59. The summed E-state index contributed by atoms with van der Waals surface area (Å²) >= 11 is 0. The average Bonchev–Trinajstić information content (AvgIpc) is 3.26. The smallest absolute Gasteiger partial charge is 0.408 e. The quantitative estimate of drug-likeness (QED) is 0.0401. The van der Waals surface area contributed by atoms with Crippen molar-refractivity contribution < 1.29 is 48.0 Å². The third kappa shape index (κ3) is 16.3. The van der Waals surface area contributed by atoms with Crippen LogP contribution < -0.4 is 20.7 Å². The van der Waals surface area contributed by atoms with Crippen LogP contribution in [0.4, 0.5) is 4.79 Å². The first kappa shape index (κ1) is 45.0. The Kier molecular flexibility index (Phi) is 18.9. The number of allylic oxidation sites excluding steroid dienone is 1. The molecule has 0 bridgehead atoms. The largest absolute Gasteiger partial charge is 0.489 e. The summed E-state index contributed by atoms with van der Waals surface area (Å²) < 4.78 is 22.0. The van der Waals surface area contributed by atoms with E-state index in [2.05, 4.69) is 29.1 Å². The van der Waals surface area contributed by atoms with Crippen molar-refractivity contribution in [3.63, 3.8) is 0 Å². The molecule has 0 aliphatic heterocycles. The molecule has 4 aromatic rings. The van der Waals surface area contributed by atoms with Gasteiger partial charge in [0.1, 0.15) is 38.2 Å². The van der Waals surface area contributed by atoms with Crippen molar-refractivity contribution in [1.29, 1.82) is 0 Å². The second-order valence-electron chi connectivity index (χ2n) is 13.6. The Labute approximate surface area is 344 Å². The minimum atomic E-state index is -1.48. The van der Waals surface area contributed by atoms with Crippen molar-refractivity contribution in [3.05, 3.63) is 163 Å². The first-order valence-corrected chi connectivity index (χ1v) is 19.2. The Morgan fingerprint density at radius 1 is 0.593 bits per heavy atom. The van der Waals surface area contributed by atoms with Gasteiger partial charge < -0.3 is 40.0 Å². The van der Waals surface area contributed by atoms with Gasteiger partial charge >= 0.3 is 18.0 Å². The van der Waals surface area contributed by atoms with Crippen molar-refractivity contribution in [2.75, 3.05) is 13.2 Å². The minimum absolute atomic E-state index is 0.0193. The van der Waals surface area contributed by atoms with Crippen LogP contribution in [0, 0.1) is 5.92 Å². The van der Waals surface area contributed by atoms with E-state index in [4.69, 9.17) is 18.9 Å². The molecule has 13 nitrogen and oxygen atoms in total. The van der Waals surface area contributed by atoms with Gasteiger partial charge in [-0.3, -0.25) is 9.59 Å². The second-order valence-corrected chi connectivity index (χ2v) is 13.6. The number of alkyl carbamates (subject to hydrolysis) is 1. The maximum Gasteiger partial charge on any atom is 0.408 e. The topological polar surface area (TPSA) is 179 Å². The van der Waals surface area contributed by atoms with Crippen LogP contribution in [-0.2, 0) is 59.6 Å². The lowest BCUT2D eigenvalue weighted by Gasteiger charge is -2.23. The molecule has 0 heterocycles. The lowest BCUT2D eigenvalue weighted by Crippen LogP contribution is -2.49. The zero-order chi connectivity index (χ0) is 42.2. The maximum absolute atomic E-state index is 13.7. The maximum atomic E-state index is 13.7. The Balaban J connectivity index is 1.35. The van der Waals surface area contributed by atoms with Crippen LogP contribution in [0.15, 0.2) is 141 Å². The number of aliphatic hydroxyl groups excluding tert-OH is 1. The number of aliphatic hydroxyl groups is 1. The van der Waals surface area contributed by atoms with E-state index in [0.717, 1.165) is 16.7 Å². The molecule has 59 heavy (non-hydrogen) atoms. The lowest BCUT2D eigenvalue weighted by molar-refractivity contribution is -0.156. The Morgan fingerprint density at radius 2 is 1.14 bits per heavy atom. The van der Waals surface area contributed by atoms with Gasteiger partial charge in [-0.25, -0.2) is 14.4 Å². The molecule has 4 N–H and O–H groups in total.